The number of hydrogen-bond acceptors (Lipinski definition) is 3. The average Bonchev–Trinajstić information content (AvgIpc) is 2.25. The van der Waals surface area contributed by atoms with E-state index in [0.717, 1.165) is 25.5 Å². The van der Waals surface area contributed by atoms with Crippen LogP contribution in [0.5, 0.6) is 0 Å². The second-order valence-electron chi connectivity index (χ2n) is 4.21. The molecule has 3 nitrogen and oxygen atoms in total. The minimum atomic E-state index is 0.713. The van der Waals surface area contributed by atoms with Gasteiger partial charge in [-0.15, -0.1) is 0 Å². The lowest BCUT2D eigenvalue weighted by Gasteiger charge is -2.18. The number of hydrogen-bond donors (Lipinski definition) is 1. The molecule has 0 aliphatic rings. The van der Waals surface area contributed by atoms with Crippen molar-refractivity contribution >= 4 is 5.82 Å². The first kappa shape index (κ1) is 12.0. The molecule has 0 atom stereocenters. The van der Waals surface area contributed by atoms with Gasteiger partial charge in [0.2, 0.25) is 0 Å². The SMILES string of the molecule is CC(C)CNCCN(C)c1ccccn1. The van der Waals surface area contributed by atoms with Gasteiger partial charge < -0.3 is 10.2 Å². The average molecular weight is 207 g/mol. The highest BCUT2D eigenvalue weighted by atomic mass is 15.2. The molecule has 0 aliphatic heterocycles. The van der Waals surface area contributed by atoms with E-state index in [2.05, 4.69) is 36.1 Å². The molecule has 0 bridgehead atoms. The van der Waals surface area contributed by atoms with Gasteiger partial charge in [0, 0.05) is 26.3 Å². The van der Waals surface area contributed by atoms with Crippen LogP contribution in [0.4, 0.5) is 5.82 Å². The molecule has 0 unspecified atom stereocenters. The van der Waals surface area contributed by atoms with Crippen molar-refractivity contribution in [2.45, 2.75) is 13.8 Å². The Bertz CT molecular complexity index is 259. The van der Waals surface area contributed by atoms with Crippen molar-refractivity contribution in [3.63, 3.8) is 0 Å². The topological polar surface area (TPSA) is 28.2 Å². The highest BCUT2D eigenvalue weighted by Crippen LogP contribution is 2.04. The molecule has 84 valence electrons. The van der Waals surface area contributed by atoms with Crippen LogP contribution in [0.1, 0.15) is 13.8 Å². The molecule has 1 N–H and O–H groups in total. The summed E-state index contributed by atoms with van der Waals surface area (Å²) in [5.41, 5.74) is 0. The second kappa shape index (κ2) is 6.40. The molecule has 0 saturated heterocycles. The van der Waals surface area contributed by atoms with Crippen LogP contribution in [-0.2, 0) is 0 Å². The van der Waals surface area contributed by atoms with Gasteiger partial charge in [-0.3, -0.25) is 0 Å². The lowest BCUT2D eigenvalue weighted by atomic mass is 10.2. The number of nitrogens with zero attached hydrogens (tertiary/aromatic N) is 2. The third kappa shape index (κ3) is 4.79. The minimum absolute atomic E-state index is 0.713. The van der Waals surface area contributed by atoms with Crippen molar-refractivity contribution in [3.8, 4) is 0 Å². The molecule has 0 aromatic carbocycles. The van der Waals surface area contributed by atoms with Gasteiger partial charge in [-0.05, 0) is 24.6 Å². The van der Waals surface area contributed by atoms with Crippen molar-refractivity contribution in [1.29, 1.82) is 0 Å². The van der Waals surface area contributed by atoms with Gasteiger partial charge in [0.1, 0.15) is 5.82 Å². The van der Waals surface area contributed by atoms with Crippen LogP contribution in [0.2, 0.25) is 0 Å². The first-order valence-electron chi connectivity index (χ1n) is 5.53. The summed E-state index contributed by atoms with van der Waals surface area (Å²) in [5.74, 6) is 1.74. The predicted octanol–water partition coefficient (Wildman–Crippen LogP) is 1.76. The van der Waals surface area contributed by atoms with E-state index in [1.54, 1.807) is 0 Å². The molecule has 1 heterocycles. The van der Waals surface area contributed by atoms with E-state index in [9.17, 15) is 0 Å². The second-order valence-corrected chi connectivity index (χ2v) is 4.21. The minimum Gasteiger partial charge on any atom is -0.358 e. The lowest BCUT2D eigenvalue weighted by Crippen LogP contribution is -2.31. The fraction of sp³-hybridized carbons (Fsp3) is 0.583. The van der Waals surface area contributed by atoms with Crippen LogP contribution in [0.15, 0.2) is 24.4 Å². The molecule has 0 amide bonds. The largest absolute Gasteiger partial charge is 0.358 e. The third-order valence-electron chi connectivity index (χ3n) is 2.22. The number of likely N-dealkylation sites (N-methyl/N-ethyl adjacent to an activating group) is 1. The summed E-state index contributed by atoms with van der Waals surface area (Å²) in [6, 6.07) is 5.98. The van der Waals surface area contributed by atoms with Crippen LogP contribution in [-0.4, -0.2) is 31.7 Å². The molecule has 0 aliphatic carbocycles. The zero-order valence-corrected chi connectivity index (χ0v) is 9.90. The standard InChI is InChI=1S/C12H21N3/c1-11(2)10-13-8-9-15(3)12-6-4-5-7-14-12/h4-7,11,13H,8-10H2,1-3H3. The van der Waals surface area contributed by atoms with Crippen molar-refractivity contribution in [2.75, 3.05) is 31.6 Å². The Morgan fingerprint density at radius 1 is 1.40 bits per heavy atom. The maximum Gasteiger partial charge on any atom is 0.128 e. The van der Waals surface area contributed by atoms with E-state index in [1.807, 2.05) is 24.4 Å². The van der Waals surface area contributed by atoms with Gasteiger partial charge in [-0.25, -0.2) is 4.98 Å². The van der Waals surface area contributed by atoms with Crippen molar-refractivity contribution in [3.05, 3.63) is 24.4 Å². The molecular formula is C12H21N3. The highest BCUT2D eigenvalue weighted by molar-refractivity contribution is 5.36. The van der Waals surface area contributed by atoms with E-state index >= 15 is 0 Å². The monoisotopic (exact) mass is 207 g/mol. The van der Waals surface area contributed by atoms with E-state index < -0.39 is 0 Å². The maximum absolute atomic E-state index is 4.29. The Kier molecular flexibility index (Phi) is 5.12. The summed E-state index contributed by atoms with van der Waals surface area (Å²) in [6.07, 6.45) is 1.83. The summed E-state index contributed by atoms with van der Waals surface area (Å²) in [6.45, 7) is 7.51. The fourth-order valence-electron chi connectivity index (χ4n) is 1.33. The summed E-state index contributed by atoms with van der Waals surface area (Å²) in [5, 5.41) is 3.42. The first-order chi connectivity index (χ1) is 7.20. The maximum atomic E-state index is 4.29. The van der Waals surface area contributed by atoms with Crippen molar-refractivity contribution < 1.29 is 0 Å². The number of anilines is 1. The Labute approximate surface area is 92.5 Å². The van der Waals surface area contributed by atoms with Gasteiger partial charge in [0.15, 0.2) is 0 Å². The van der Waals surface area contributed by atoms with E-state index in [4.69, 9.17) is 0 Å². The molecule has 0 fully saturated rings. The van der Waals surface area contributed by atoms with Crippen molar-refractivity contribution in [1.82, 2.24) is 10.3 Å². The van der Waals surface area contributed by atoms with Crippen LogP contribution in [0.3, 0.4) is 0 Å². The summed E-state index contributed by atoms with van der Waals surface area (Å²) < 4.78 is 0. The van der Waals surface area contributed by atoms with Crippen LogP contribution in [0, 0.1) is 5.92 Å². The molecule has 1 rings (SSSR count). The predicted molar refractivity (Wildman–Crippen MR) is 65.2 cm³/mol. The third-order valence-corrected chi connectivity index (χ3v) is 2.22. The summed E-state index contributed by atoms with van der Waals surface area (Å²) in [4.78, 5) is 6.45. The Morgan fingerprint density at radius 2 is 2.20 bits per heavy atom. The van der Waals surface area contributed by atoms with Crippen molar-refractivity contribution in [2.24, 2.45) is 5.92 Å². The number of nitrogens with one attached hydrogen (secondary N) is 1. The Morgan fingerprint density at radius 3 is 2.80 bits per heavy atom. The Hall–Kier alpha value is -1.09. The molecule has 15 heavy (non-hydrogen) atoms. The summed E-state index contributed by atoms with van der Waals surface area (Å²) in [7, 11) is 2.07. The molecule has 1 aromatic rings. The lowest BCUT2D eigenvalue weighted by molar-refractivity contribution is 0.554. The fourth-order valence-corrected chi connectivity index (χ4v) is 1.33. The van der Waals surface area contributed by atoms with E-state index in [0.29, 0.717) is 5.92 Å². The normalized spacial score (nSPS) is 10.7. The van der Waals surface area contributed by atoms with Crippen LogP contribution < -0.4 is 10.2 Å². The zero-order chi connectivity index (χ0) is 11.1. The summed E-state index contributed by atoms with van der Waals surface area (Å²) >= 11 is 0. The van der Waals surface area contributed by atoms with Crippen LogP contribution in [0.25, 0.3) is 0 Å². The number of pyridine rings is 1. The molecule has 1 aromatic heterocycles. The van der Waals surface area contributed by atoms with Gasteiger partial charge in [0.05, 0.1) is 0 Å². The molecule has 0 saturated carbocycles. The smallest absolute Gasteiger partial charge is 0.128 e. The van der Waals surface area contributed by atoms with Gasteiger partial charge >= 0.3 is 0 Å². The molecule has 3 heteroatoms. The van der Waals surface area contributed by atoms with E-state index in [-0.39, 0.29) is 0 Å². The number of aromatic nitrogens is 1. The van der Waals surface area contributed by atoms with Gasteiger partial charge in [-0.1, -0.05) is 19.9 Å². The van der Waals surface area contributed by atoms with E-state index in [1.165, 1.54) is 0 Å². The Balaban J connectivity index is 2.22. The zero-order valence-electron chi connectivity index (χ0n) is 9.90. The number of rotatable bonds is 6. The quantitative estimate of drug-likeness (QED) is 0.721. The first-order valence-corrected chi connectivity index (χ1v) is 5.53. The van der Waals surface area contributed by atoms with Crippen LogP contribution >= 0.6 is 0 Å². The molecule has 0 spiro atoms. The molecular weight excluding hydrogens is 186 g/mol. The van der Waals surface area contributed by atoms with Gasteiger partial charge in [-0.2, -0.15) is 0 Å². The van der Waals surface area contributed by atoms with Gasteiger partial charge in [0.25, 0.3) is 0 Å². The highest BCUT2D eigenvalue weighted by Gasteiger charge is 2.00. The molecule has 0 radical (unpaired) electrons.